The summed E-state index contributed by atoms with van der Waals surface area (Å²) < 4.78 is 13.1. The van der Waals surface area contributed by atoms with Crippen molar-refractivity contribution in [3.8, 4) is 0 Å². The average molecular weight is 348 g/mol. The number of likely N-dealkylation sites (tertiary alicyclic amines) is 1. The van der Waals surface area contributed by atoms with Crippen LogP contribution in [0, 0.1) is 11.7 Å². The lowest BCUT2D eigenvalue weighted by atomic mass is 9.93. The Hall–Kier alpha value is -0.880. The standard InChI is InChI=1S/C15H19ClFN3O.ClH/c16-12-7-11(1-2-13(12)17)19-15(21)9-20-6-4-14-10(8-20)3-5-18-14;/h1-2,7,10,14,18H,3-6,8-9H2,(H,19,21);1H. The maximum atomic E-state index is 13.1. The van der Waals surface area contributed by atoms with Gasteiger partial charge in [0.05, 0.1) is 11.6 Å². The number of carbonyl (C=O) groups is 1. The number of anilines is 1. The molecule has 2 atom stereocenters. The molecule has 22 heavy (non-hydrogen) atoms. The number of amides is 1. The van der Waals surface area contributed by atoms with E-state index >= 15 is 0 Å². The highest BCUT2D eigenvalue weighted by Gasteiger charge is 2.32. The van der Waals surface area contributed by atoms with Crippen LogP contribution in [0.1, 0.15) is 12.8 Å². The third kappa shape index (κ3) is 4.10. The summed E-state index contributed by atoms with van der Waals surface area (Å²) in [5.74, 6) is 0.0966. The molecule has 122 valence electrons. The van der Waals surface area contributed by atoms with Crippen molar-refractivity contribution < 1.29 is 9.18 Å². The Balaban J connectivity index is 0.00000176. The lowest BCUT2D eigenvalue weighted by Crippen LogP contribution is -2.46. The average Bonchev–Trinajstić information content (AvgIpc) is 2.90. The van der Waals surface area contributed by atoms with Gasteiger partial charge in [0.2, 0.25) is 5.91 Å². The number of halogens is 3. The summed E-state index contributed by atoms with van der Waals surface area (Å²) in [4.78, 5) is 14.3. The predicted molar refractivity (Wildman–Crippen MR) is 88.2 cm³/mol. The molecule has 3 rings (SSSR count). The number of benzene rings is 1. The van der Waals surface area contributed by atoms with Gasteiger partial charge in [0.15, 0.2) is 0 Å². The van der Waals surface area contributed by atoms with Crippen LogP contribution in [0.15, 0.2) is 18.2 Å². The SMILES string of the molecule is Cl.O=C(CN1CCC2NCCC2C1)Nc1ccc(F)c(Cl)c1. The summed E-state index contributed by atoms with van der Waals surface area (Å²) in [5, 5.41) is 6.30. The van der Waals surface area contributed by atoms with E-state index < -0.39 is 5.82 Å². The summed E-state index contributed by atoms with van der Waals surface area (Å²) in [6, 6.07) is 4.84. The second-order valence-electron chi connectivity index (χ2n) is 5.81. The zero-order valence-corrected chi connectivity index (χ0v) is 13.7. The van der Waals surface area contributed by atoms with E-state index in [0.29, 0.717) is 24.2 Å². The number of rotatable bonds is 3. The fourth-order valence-electron chi connectivity index (χ4n) is 3.24. The van der Waals surface area contributed by atoms with Crippen molar-refractivity contribution in [1.29, 1.82) is 0 Å². The molecule has 0 radical (unpaired) electrons. The lowest BCUT2D eigenvalue weighted by molar-refractivity contribution is -0.117. The van der Waals surface area contributed by atoms with Gasteiger partial charge in [-0.15, -0.1) is 12.4 Å². The van der Waals surface area contributed by atoms with Crippen LogP contribution in [0.2, 0.25) is 5.02 Å². The minimum atomic E-state index is -0.481. The van der Waals surface area contributed by atoms with E-state index in [0.717, 1.165) is 26.1 Å². The van der Waals surface area contributed by atoms with Gasteiger partial charge in [-0.1, -0.05) is 11.6 Å². The van der Waals surface area contributed by atoms with Crippen LogP contribution in [0.4, 0.5) is 10.1 Å². The molecule has 0 aromatic heterocycles. The van der Waals surface area contributed by atoms with Crippen LogP contribution < -0.4 is 10.6 Å². The fourth-order valence-corrected chi connectivity index (χ4v) is 3.42. The summed E-state index contributed by atoms with van der Waals surface area (Å²) >= 11 is 5.71. The smallest absolute Gasteiger partial charge is 0.238 e. The molecule has 2 N–H and O–H groups in total. The summed E-state index contributed by atoms with van der Waals surface area (Å²) in [6.07, 6.45) is 2.29. The number of carbonyl (C=O) groups excluding carboxylic acids is 1. The Morgan fingerprint density at radius 2 is 2.27 bits per heavy atom. The Kier molecular flexibility index (Phi) is 6.03. The maximum absolute atomic E-state index is 13.1. The van der Waals surface area contributed by atoms with Crippen LogP contribution in [0.3, 0.4) is 0 Å². The van der Waals surface area contributed by atoms with E-state index in [-0.39, 0.29) is 23.3 Å². The van der Waals surface area contributed by atoms with Crippen molar-refractivity contribution in [3.05, 3.63) is 29.0 Å². The molecular weight excluding hydrogens is 328 g/mol. The monoisotopic (exact) mass is 347 g/mol. The first-order valence-electron chi connectivity index (χ1n) is 7.32. The molecule has 1 aromatic rings. The summed E-state index contributed by atoms with van der Waals surface area (Å²) in [7, 11) is 0. The van der Waals surface area contributed by atoms with Gasteiger partial charge in [-0.05, 0) is 43.5 Å². The zero-order chi connectivity index (χ0) is 14.8. The molecule has 0 saturated carbocycles. The predicted octanol–water partition coefficient (Wildman–Crippen LogP) is 2.52. The molecule has 0 aliphatic carbocycles. The molecular formula is C15H20Cl2FN3O. The van der Waals surface area contributed by atoms with Crippen LogP contribution in [0.5, 0.6) is 0 Å². The van der Waals surface area contributed by atoms with Crippen molar-refractivity contribution >= 4 is 35.6 Å². The molecule has 2 aliphatic rings. The highest BCUT2D eigenvalue weighted by Crippen LogP contribution is 2.24. The van der Waals surface area contributed by atoms with Crippen molar-refractivity contribution in [1.82, 2.24) is 10.2 Å². The molecule has 1 amide bonds. The molecule has 2 fully saturated rings. The topological polar surface area (TPSA) is 44.4 Å². The van der Waals surface area contributed by atoms with Gasteiger partial charge in [0, 0.05) is 24.8 Å². The number of nitrogens with one attached hydrogen (secondary N) is 2. The first-order chi connectivity index (χ1) is 10.1. The first kappa shape index (κ1) is 17.5. The number of nitrogens with zero attached hydrogens (tertiary/aromatic N) is 1. The highest BCUT2D eigenvalue weighted by molar-refractivity contribution is 6.31. The van der Waals surface area contributed by atoms with Crippen LogP contribution in [-0.4, -0.2) is 43.0 Å². The minimum absolute atomic E-state index is 0. The van der Waals surface area contributed by atoms with Gasteiger partial charge in [0.25, 0.3) is 0 Å². The number of piperidine rings is 1. The largest absolute Gasteiger partial charge is 0.325 e. The molecule has 1 aromatic carbocycles. The second-order valence-corrected chi connectivity index (χ2v) is 6.22. The second kappa shape index (κ2) is 7.59. The molecule has 2 saturated heterocycles. The van der Waals surface area contributed by atoms with E-state index in [9.17, 15) is 9.18 Å². The lowest BCUT2D eigenvalue weighted by Gasteiger charge is -2.34. The summed E-state index contributed by atoms with van der Waals surface area (Å²) in [5.41, 5.74) is 0.531. The fraction of sp³-hybridized carbons (Fsp3) is 0.533. The first-order valence-corrected chi connectivity index (χ1v) is 7.70. The van der Waals surface area contributed by atoms with E-state index in [1.54, 1.807) is 0 Å². The van der Waals surface area contributed by atoms with Gasteiger partial charge in [-0.25, -0.2) is 4.39 Å². The van der Waals surface area contributed by atoms with Crippen LogP contribution in [0.25, 0.3) is 0 Å². The Morgan fingerprint density at radius 1 is 1.45 bits per heavy atom. The molecule has 4 nitrogen and oxygen atoms in total. The molecule has 2 heterocycles. The molecule has 0 spiro atoms. The Labute approximate surface area is 140 Å². The Morgan fingerprint density at radius 3 is 3.05 bits per heavy atom. The van der Waals surface area contributed by atoms with E-state index in [2.05, 4.69) is 15.5 Å². The van der Waals surface area contributed by atoms with Gasteiger partial charge in [-0.2, -0.15) is 0 Å². The quantitative estimate of drug-likeness (QED) is 0.882. The van der Waals surface area contributed by atoms with Gasteiger partial charge in [0.1, 0.15) is 5.82 Å². The van der Waals surface area contributed by atoms with Crippen LogP contribution in [-0.2, 0) is 4.79 Å². The highest BCUT2D eigenvalue weighted by atomic mass is 35.5. The van der Waals surface area contributed by atoms with E-state index in [4.69, 9.17) is 11.6 Å². The van der Waals surface area contributed by atoms with Crippen molar-refractivity contribution in [2.75, 3.05) is 31.5 Å². The van der Waals surface area contributed by atoms with E-state index in [1.165, 1.54) is 24.6 Å². The van der Waals surface area contributed by atoms with Gasteiger partial charge >= 0.3 is 0 Å². The Bertz CT molecular complexity index is 544. The van der Waals surface area contributed by atoms with E-state index in [1.807, 2.05) is 0 Å². The summed E-state index contributed by atoms with van der Waals surface area (Å²) in [6.45, 7) is 3.36. The van der Waals surface area contributed by atoms with Crippen molar-refractivity contribution in [3.63, 3.8) is 0 Å². The third-order valence-corrected chi connectivity index (χ3v) is 4.60. The molecule has 2 aliphatic heterocycles. The third-order valence-electron chi connectivity index (χ3n) is 4.31. The van der Waals surface area contributed by atoms with Gasteiger partial charge in [-0.3, -0.25) is 9.69 Å². The molecule has 0 bridgehead atoms. The van der Waals surface area contributed by atoms with Crippen molar-refractivity contribution in [2.24, 2.45) is 5.92 Å². The zero-order valence-electron chi connectivity index (χ0n) is 12.1. The normalized spacial score (nSPS) is 24.5. The maximum Gasteiger partial charge on any atom is 0.238 e. The van der Waals surface area contributed by atoms with Gasteiger partial charge < -0.3 is 10.6 Å². The number of hydrogen-bond donors (Lipinski definition) is 2. The number of hydrogen-bond acceptors (Lipinski definition) is 3. The minimum Gasteiger partial charge on any atom is -0.325 e. The molecule has 7 heteroatoms. The number of fused-ring (bicyclic) bond motifs is 1. The molecule has 2 unspecified atom stereocenters. The van der Waals surface area contributed by atoms with Crippen LogP contribution >= 0.6 is 24.0 Å². The van der Waals surface area contributed by atoms with Crippen molar-refractivity contribution in [2.45, 2.75) is 18.9 Å².